The molecule has 0 radical (unpaired) electrons. The molecule has 0 saturated heterocycles. The minimum atomic E-state index is 0.0581. The summed E-state index contributed by atoms with van der Waals surface area (Å²) >= 11 is 6.28. The van der Waals surface area contributed by atoms with Gasteiger partial charge < -0.3 is 0 Å². The molecule has 1 heteroatoms. The zero-order valence-electron chi connectivity index (χ0n) is 12.6. The lowest BCUT2D eigenvalue weighted by atomic mass is 9.82. The van der Waals surface area contributed by atoms with Crippen molar-refractivity contribution in [2.24, 2.45) is 0 Å². The molecule has 0 aromatic heterocycles. The quantitative estimate of drug-likeness (QED) is 0.328. The van der Waals surface area contributed by atoms with E-state index in [1.807, 2.05) is 6.07 Å². The molecular formula is C21H15Cl. The van der Waals surface area contributed by atoms with Crippen molar-refractivity contribution in [2.75, 3.05) is 0 Å². The molecule has 0 aliphatic heterocycles. The minimum Gasteiger partial charge on any atom is -0.0843 e. The molecule has 0 spiro atoms. The number of fused-ring (bicyclic) bond motifs is 3. The van der Waals surface area contributed by atoms with Gasteiger partial charge in [-0.3, -0.25) is 0 Å². The van der Waals surface area contributed by atoms with Crippen LogP contribution >= 0.6 is 11.6 Å². The van der Waals surface area contributed by atoms with Crippen molar-refractivity contribution < 1.29 is 0 Å². The van der Waals surface area contributed by atoms with E-state index < -0.39 is 0 Å². The maximum atomic E-state index is 6.28. The molecule has 5 rings (SSSR count). The van der Waals surface area contributed by atoms with E-state index in [1.165, 1.54) is 43.4 Å². The van der Waals surface area contributed by atoms with Crippen LogP contribution in [-0.4, -0.2) is 0 Å². The molecule has 22 heavy (non-hydrogen) atoms. The van der Waals surface area contributed by atoms with Crippen molar-refractivity contribution >= 4 is 43.9 Å². The third-order valence-electron chi connectivity index (χ3n) is 5.29. The summed E-state index contributed by atoms with van der Waals surface area (Å²) in [5.74, 6) is 0. The predicted octanol–water partition coefficient (Wildman–Crippen LogP) is 6.44. The molecule has 1 aliphatic carbocycles. The molecule has 0 bridgehead atoms. The molecule has 106 valence electrons. The summed E-state index contributed by atoms with van der Waals surface area (Å²) in [6.45, 7) is 4.66. The van der Waals surface area contributed by atoms with Gasteiger partial charge in [-0.2, -0.15) is 0 Å². The van der Waals surface area contributed by atoms with Crippen molar-refractivity contribution in [1.82, 2.24) is 0 Å². The van der Waals surface area contributed by atoms with Gasteiger partial charge in [-0.1, -0.05) is 67.9 Å². The number of rotatable bonds is 0. The summed E-state index contributed by atoms with van der Waals surface area (Å²) in [5.41, 5.74) is 2.92. The van der Waals surface area contributed by atoms with Gasteiger partial charge in [0, 0.05) is 10.4 Å². The van der Waals surface area contributed by atoms with Crippen LogP contribution in [0.3, 0.4) is 0 Å². The Bertz CT molecular complexity index is 1100. The standard InChI is InChI=1S/C21H15Cl/c1-21(2)17-7-3-5-14-13-10-9-12(22)11-16(13)15-6-4-8-18(21)20(15)19(14)17/h3-11H,1-2H3. The Kier molecular flexibility index (Phi) is 2.17. The Labute approximate surface area is 134 Å². The summed E-state index contributed by atoms with van der Waals surface area (Å²) in [6.07, 6.45) is 0. The largest absolute Gasteiger partial charge is 0.0843 e. The summed E-state index contributed by atoms with van der Waals surface area (Å²) in [6, 6.07) is 19.7. The van der Waals surface area contributed by atoms with Crippen LogP contribution in [-0.2, 0) is 5.41 Å². The smallest absolute Gasteiger partial charge is 0.0412 e. The first-order valence-electron chi connectivity index (χ1n) is 7.67. The SMILES string of the molecule is CC1(C)c2cccc3c4ccc(Cl)cc4c4cccc1c4c23. The van der Waals surface area contributed by atoms with Crippen LogP contribution in [0.15, 0.2) is 54.6 Å². The van der Waals surface area contributed by atoms with Gasteiger partial charge in [0.05, 0.1) is 0 Å². The lowest BCUT2D eigenvalue weighted by Gasteiger charge is -2.21. The van der Waals surface area contributed by atoms with Gasteiger partial charge in [-0.25, -0.2) is 0 Å². The van der Waals surface area contributed by atoms with Crippen LogP contribution in [0.2, 0.25) is 5.02 Å². The zero-order chi connectivity index (χ0) is 15.1. The highest BCUT2D eigenvalue weighted by Crippen LogP contribution is 2.51. The van der Waals surface area contributed by atoms with Crippen molar-refractivity contribution in [3.8, 4) is 0 Å². The Morgan fingerprint density at radius 2 is 1.27 bits per heavy atom. The molecule has 0 heterocycles. The van der Waals surface area contributed by atoms with E-state index in [4.69, 9.17) is 11.6 Å². The van der Waals surface area contributed by atoms with Gasteiger partial charge in [0.25, 0.3) is 0 Å². The van der Waals surface area contributed by atoms with Crippen LogP contribution < -0.4 is 0 Å². The average molecular weight is 303 g/mol. The van der Waals surface area contributed by atoms with Crippen molar-refractivity contribution in [3.63, 3.8) is 0 Å². The highest BCUT2D eigenvalue weighted by Gasteiger charge is 2.34. The van der Waals surface area contributed by atoms with Gasteiger partial charge in [0.1, 0.15) is 0 Å². The van der Waals surface area contributed by atoms with E-state index in [9.17, 15) is 0 Å². The monoisotopic (exact) mass is 302 g/mol. The van der Waals surface area contributed by atoms with Crippen molar-refractivity contribution in [1.29, 1.82) is 0 Å². The fraction of sp³-hybridized carbons (Fsp3) is 0.143. The molecule has 0 amide bonds. The number of halogens is 1. The van der Waals surface area contributed by atoms with Crippen LogP contribution in [0, 0.1) is 0 Å². The topological polar surface area (TPSA) is 0 Å². The lowest BCUT2D eigenvalue weighted by molar-refractivity contribution is 0.663. The molecule has 4 aromatic carbocycles. The first-order chi connectivity index (χ1) is 10.6. The van der Waals surface area contributed by atoms with Gasteiger partial charge in [0.15, 0.2) is 0 Å². The molecule has 0 N–H and O–H groups in total. The number of hydrogen-bond acceptors (Lipinski definition) is 0. The van der Waals surface area contributed by atoms with Crippen LogP contribution in [0.5, 0.6) is 0 Å². The fourth-order valence-electron chi connectivity index (χ4n) is 4.25. The number of benzene rings is 4. The Morgan fingerprint density at radius 3 is 1.91 bits per heavy atom. The lowest BCUT2D eigenvalue weighted by Crippen LogP contribution is -2.14. The second-order valence-corrected chi connectivity index (χ2v) is 7.21. The number of hydrogen-bond donors (Lipinski definition) is 0. The van der Waals surface area contributed by atoms with E-state index in [2.05, 4.69) is 62.4 Å². The molecule has 0 nitrogen and oxygen atoms in total. The van der Waals surface area contributed by atoms with Crippen LogP contribution in [0.25, 0.3) is 32.3 Å². The Balaban J connectivity index is 2.23. The second-order valence-electron chi connectivity index (χ2n) is 6.77. The normalized spacial score (nSPS) is 15.4. The van der Waals surface area contributed by atoms with E-state index in [1.54, 1.807) is 0 Å². The third-order valence-corrected chi connectivity index (χ3v) is 5.52. The third kappa shape index (κ3) is 1.30. The maximum absolute atomic E-state index is 6.28. The van der Waals surface area contributed by atoms with Gasteiger partial charge in [-0.05, 0) is 55.6 Å². The highest BCUT2D eigenvalue weighted by atomic mass is 35.5. The molecular weight excluding hydrogens is 288 g/mol. The van der Waals surface area contributed by atoms with Gasteiger partial charge >= 0.3 is 0 Å². The first kappa shape index (κ1) is 12.5. The van der Waals surface area contributed by atoms with E-state index in [0.717, 1.165) is 5.02 Å². The molecule has 0 unspecified atom stereocenters. The highest BCUT2D eigenvalue weighted by molar-refractivity contribution is 6.34. The molecule has 0 atom stereocenters. The van der Waals surface area contributed by atoms with Crippen molar-refractivity contribution in [2.45, 2.75) is 19.3 Å². The van der Waals surface area contributed by atoms with Crippen molar-refractivity contribution in [3.05, 3.63) is 70.7 Å². The molecule has 4 aromatic rings. The first-order valence-corrected chi connectivity index (χ1v) is 8.04. The minimum absolute atomic E-state index is 0.0581. The maximum Gasteiger partial charge on any atom is 0.0412 e. The zero-order valence-corrected chi connectivity index (χ0v) is 13.3. The van der Waals surface area contributed by atoms with Gasteiger partial charge in [0.2, 0.25) is 0 Å². The van der Waals surface area contributed by atoms with Crippen LogP contribution in [0.4, 0.5) is 0 Å². The van der Waals surface area contributed by atoms with E-state index in [-0.39, 0.29) is 5.41 Å². The molecule has 1 aliphatic rings. The molecule has 0 fully saturated rings. The average Bonchev–Trinajstić information content (AvgIpc) is 2.76. The Morgan fingerprint density at radius 1 is 0.682 bits per heavy atom. The second kappa shape index (κ2) is 3.83. The Hall–Kier alpha value is -2.05. The van der Waals surface area contributed by atoms with Crippen LogP contribution in [0.1, 0.15) is 25.0 Å². The summed E-state index contributed by atoms with van der Waals surface area (Å²) in [4.78, 5) is 0. The summed E-state index contributed by atoms with van der Waals surface area (Å²) in [7, 11) is 0. The fourth-order valence-corrected chi connectivity index (χ4v) is 4.43. The molecule has 0 saturated carbocycles. The summed E-state index contributed by atoms with van der Waals surface area (Å²) < 4.78 is 0. The summed E-state index contributed by atoms with van der Waals surface area (Å²) in [5, 5.41) is 8.85. The van der Waals surface area contributed by atoms with E-state index in [0.29, 0.717) is 0 Å². The van der Waals surface area contributed by atoms with Gasteiger partial charge in [-0.15, -0.1) is 0 Å². The van der Waals surface area contributed by atoms with E-state index >= 15 is 0 Å². The predicted molar refractivity (Wildman–Crippen MR) is 96.1 cm³/mol.